The van der Waals surface area contributed by atoms with Crippen molar-refractivity contribution < 1.29 is 23.9 Å². The molecule has 0 aliphatic carbocycles. The van der Waals surface area contributed by atoms with E-state index in [9.17, 15) is 9.59 Å². The minimum atomic E-state index is -0.641. The molecule has 0 aromatic rings. The molecule has 3 rings (SSSR count). The van der Waals surface area contributed by atoms with Gasteiger partial charge < -0.3 is 19.9 Å². The topological polar surface area (TPSA) is 95.5 Å². The zero-order valence-corrected chi connectivity index (χ0v) is 20.1. The average molecular weight is 423 g/mol. The van der Waals surface area contributed by atoms with Gasteiger partial charge in [0.25, 0.3) is 0 Å². The highest BCUT2D eigenvalue weighted by Gasteiger charge is 2.59. The number of amides is 2. The lowest BCUT2D eigenvalue weighted by atomic mass is 9.78. The summed E-state index contributed by atoms with van der Waals surface area (Å²) in [5.74, 6) is 0.374. The van der Waals surface area contributed by atoms with Crippen LogP contribution in [0.15, 0.2) is 0 Å². The maximum atomic E-state index is 12.1. The molecule has 0 bridgehead atoms. The molecule has 3 atom stereocenters. The second kappa shape index (κ2) is 8.06. The van der Waals surface area contributed by atoms with Crippen LogP contribution in [0, 0.1) is 17.3 Å². The van der Waals surface area contributed by atoms with Crippen molar-refractivity contribution in [3.63, 3.8) is 0 Å². The highest BCUT2D eigenvalue weighted by atomic mass is 16.5. The summed E-state index contributed by atoms with van der Waals surface area (Å²) in [6, 6.07) is 0.277. The van der Waals surface area contributed by atoms with E-state index in [2.05, 4.69) is 18.6 Å². The third kappa shape index (κ3) is 4.05. The second-order valence-electron chi connectivity index (χ2n) is 10.5. The van der Waals surface area contributed by atoms with E-state index in [1.165, 1.54) is 6.92 Å². The third-order valence-electron chi connectivity index (χ3n) is 7.04. The highest BCUT2D eigenvalue weighted by Crippen LogP contribution is 2.48. The van der Waals surface area contributed by atoms with Gasteiger partial charge in [-0.25, -0.2) is 0 Å². The van der Waals surface area contributed by atoms with E-state index in [1.54, 1.807) is 4.90 Å². The molecule has 8 heteroatoms. The summed E-state index contributed by atoms with van der Waals surface area (Å²) in [7, 11) is 0. The summed E-state index contributed by atoms with van der Waals surface area (Å²) >= 11 is 0. The monoisotopic (exact) mass is 422 g/mol. The zero-order valence-electron chi connectivity index (χ0n) is 20.1. The fourth-order valence-electron chi connectivity index (χ4n) is 4.52. The van der Waals surface area contributed by atoms with Gasteiger partial charge in [0.2, 0.25) is 5.91 Å². The Morgan fingerprint density at radius 3 is 2.10 bits per heavy atom. The van der Waals surface area contributed by atoms with E-state index in [0.29, 0.717) is 19.1 Å². The van der Waals surface area contributed by atoms with Crippen molar-refractivity contribution in [2.24, 2.45) is 17.3 Å². The molecule has 3 heterocycles. The molecule has 0 aromatic carbocycles. The van der Waals surface area contributed by atoms with Crippen molar-refractivity contribution in [3.8, 4) is 0 Å². The van der Waals surface area contributed by atoms with E-state index in [0.717, 1.165) is 0 Å². The van der Waals surface area contributed by atoms with Crippen LogP contribution in [0.5, 0.6) is 0 Å². The lowest BCUT2D eigenvalue weighted by Gasteiger charge is -2.33. The summed E-state index contributed by atoms with van der Waals surface area (Å²) in [5, 5.41) is 0. The van der Waals surface area contributed by atoms with Gasteiger partial charge >= 0.3 is 11.6 Å². The molecule has 0 N–H and O–H groups in total. The molecule has 1 unspecified atom stereocenters. The molecule has 8 nitrogen and oxygen atoms in total. The lowest BCUT2D eigenvalue weighted by Crippen LogP contribution is -2.51. The van der Waals surface area contributed by atoms with Gasteiger partial charge in [-0.05, 0) is 39.0 Å². The quantitative estimate of drug-likeness (QED) is 0.388. The van der Waals surface area contributed by atoms with Crippen molar-refractivity contribution in [1.82, 2.24) is 9.80 Å². The Morgan fingerprint density at radius 2 is 1.63 bits per heavy atom. The van der Waals surface area contributed by atoms with Crippen LogP contribution in [-0.2, 0) is 19.1 Å². The molecular formula is C22H38N4O4. The first-order valence-corrected chi connectivity index (χ1v) is 10.7. The molecule has 2 amide bonds. The molecule has 0 radical (unpaired) electrons. The maximum Gasteiger partial charge on any atom is 0.353 e. The predicted octanol–water partition coefficient (Wildman–Crippen LogP) is 2.92. The SMILES string of the molecule is CC(=[N+]=[N-])C(=O)N1[C@@H](C(C)C)COC1(C)C.CC1C(=O)N2[C@H](COC2(C)C)C1(C)C. The first-order valence-electron chi connectivity index (χ1n) is 10.7. The fourth-order valence-corrected chi connectivity index (χ4v) is 4.52. The van der Waals surface area contributed by atoms with Gasteiger partial charge in [0.15, 0.2) is 0 Å². The first-order chi connectivity index (χ1) is 13.6. The smallest absolute Gasteiger partial charge is 0.353 e. The number of carbonyl (C=O) groups excluding carboxylic acids is 2. The van der Waals surface area contributed by atoms with Crippen molar-refractivity contribution >= 4 is 17.5 Å². The van der Waals surface area contributed by atoms with Crippen LogP contribution in [0.2, 0.25) is 0 Å². The van der Waals surface area contributed by atoms with E-state index < -0.39 is 11.4 Å². The Balaban J connectivity index is 0.000000215. The minimum absolute atomic E-state index is 0.0270. The number of hydrogen-bond donors (Lipinski definition) is 0. The number of fused-ring (bicyclic) bond motifs is 1. The lowest BCUT2D eigenvalue weighted by molar-refractivity contribution is -0.145. The second-order valence-corrected chi connectivity index (χ2v) is 10.5. The Hall–Kier alpha value is -1.76. The van der Waals surface area contributed by atoms with Crippen LogP contribution in [0.25, 0.3) is 5.53 Å². The molecule has 0 saturated carbocycles. The van der Waals surface area contributed by atoms with E-state index in [4.69, 9.17) is 15.0 Å². The number of hydrogen-bond acceptors (Lipinski definition) is 4. The third-order valence-corrected chi connectivity index (χ3v) is 7.04. The Bertz CT molecular complexity index is 752. The van der Waals surface area contributed by atoms with E-state index in [-0.39, 0.29) is 40.9 Å². The van der Waals surface area contributed by atoms with Crippen LogP contribution >= 0.6 is 0 Å². The highest BCUT2D eigenvalue weighted by molar-refractivity contribution is 6.35. The maximum absolute atomic E-state index is 12.1. The van der Waals surface area contributed by atoms with Gasteiger partial charge in [0.1, 0.15) is 11.4 Å². The summed E-state index contributed by atoms with van der Waals surface area (Å²) in [6.45, 7) is 20.8. The standard InChI is InChI=1S/C11H19N3O2.C11H19NO2/c1-7(2)9-6-16-11(4,5)14(9)10(15)8(3)13-12;1-7-9(13)12-8(10(7,2)3)6-14-11(12,4)5/h7,9H,6H2,1-5H3;7-8H,6H2,1-5H3/t9-;7?,8-/m11/s1. The molecule has 0 spiro atoms. The zero-order chi connectivity index (χ0) is 23.2. The van der Waals surface area contributed by atoms with Gasteiger partial charge in [-0.1, -0.05) is 34.6 Å². The number of ether oxygens (including phenoxy) is 2. The Labute approximate surface area is 180 Å². The van der Waals surface area contributed by atoms with Crippen LogP contribution in [0.3, 0.4) is 0 Å². The van der Waals surface area contributed by atoms with Crippen molar-refractivity contribution in [1.29, 1.82) is 0 Å². The van der Waals surface area contributed by atoms with E-state index in [1.807, 2.05) is 53.4 Å². The molecule has 3 aliphatic rings. The van der Waals surface area contributed by atoms with Crippen LogP contribution < -0.4 is 0 Å². The summed E-state index contributed by atoms with van der Waals surface area (Å²) in [6.07, 6.45) is 0. The average Bonchev–Trinajstić information content (AvgIpc) is 3.20. The van der Waals surface area contributed by atoms with E-state index >= 15 is 0 Å². The van der Waals surface area contributed by atoms with Crippen LogP contribution in [0.1, 0.15) is 69.2 Å². The number of nitrogens with zero attached hydrogens (tertiary/aromatic N) is 4. The van der Waals surface area contributed by atoms with Gasteiger partial charge in [-0.15, -0.1) is 0 Å². The molecule has 30 heavy (non-hydrogen) atoms. The summed E-state index contributed by atoms with van der Waals surface area (Å²) < 4.78 is 11.3. The Kier molecular flexibility index (Phi) is 6.58. The van der Waals surface area contributed by atoms with Gasteiger partial charge in [-0.3, -0.25) is 14.5 Å². The van der Waals surface area contributed by atoms with Gasteiger partial charge in [0, 0.05) is 12.8 Å². The molecule has 3 saturated heterocycles. The minimum Gasteiger partial charge on any atom is -0.361 e. The van der Waals surface area contributed by atoms with Gasteiger partial charge in [-0.2, -0.15) is 4.79 Å². The van der Waals surface area contributed by atoms with Crippen molar-refractivity contribution in [2.45, 2.75) is 92.8 Å². The van der Waals surface area contributed by atoms with Crippen molar-refractivity contribution in [3.05, 3.63) is 5.53 Å². The summed E-state index contributed by atoms with van der Waals surface area (Å²) in [5.41, 5.74) is 7.73. The molecular weight excluding hydrogens is 384 g/mol. The first kappa shape index (κ1) is 24.5. The molecule has 170 valence electrons. The Morgan fingerprint density at radius 1 is 1.10 bits per heavy atom. The largest absolute Gasteiger partial charge is 0.361 e. The van der Waals surface area contributed by atoms with Crippen molar-refractivity contribution in [2.75, 3.05) is 13.2 Å². The predicted molar refractivity (Wildman–Crippen MR) is 113 cm³/mol. The number of carbonyl (C=O) groups is 2. The fraction of sp³-hybridized carbons (Fsp3) is 0.864. The molecule has 0 aromatic heterocycles. The summed E-state index contributed by atoms with van der Waals surface area (Å²) in [4.78, 5) is 30.7. The van der Waals surface area contributed by atoms with Crippen LogP contribution in [-0.4, -0.2) is 68.9 Å². The van der Waals surface area contributed by atoms with Crippen LogP contribution in [0.4, 0.5) is 0 Å². The molecule has 3 fully saturated rings. The normalized spacial score (nSPS) is 30.6. The number of rotatable bonds is 2. The molecule has 3 aliphatic heterocycles. The van der Waals surface area contributed by atoms with Gasteiger partial charge in [0.05, 0.1) is 25.3 Å².